The second-order valence-corrected chi connectivity index (χ2v) is 10.7. The molecule has 5 aromatic rings. The van der Waals surface area contributed by atoms with Gasteiger partial charge < -0.3 is 24.8 Å². The molecule has 0 saturated carbocycles. The summed E-state index contributed by atoms with van der Waals surface area (Å²) in [5.41, 5.74) is 11.5. The van der Waals surface area contributed by atoms with E-state index in [0.29, 0.717) is 49.3 Å². The number of aromatic nitrogens is 2. The Hall–Kier alpha value is -4.74. The molecule has 0 atom stereocenters. The number of ether oxygens (including phenoxy) is 2. The van der Waals surface area contributed by atoms with Crippen molar-refractivity contribution in [1.29, 1.82) is 0 Å². The minimum atomic E-state index is -0.670. The molecule has 8 nitrogen and oxygen atoms in total. The zero-order valence-electron chi connectivity index (χ0n) is 23.1. The highest BCUT2D eigenvalue weighted by Crippen LogP contribution is 2.35. The number of pyridine rings is 2. The maximum absolute atomic E-state index is 14.2. The van der Waals surface area contributed by atoms with E-state index in [1.54, 1.807) is 23.2 Å². The van der Waals surface area contributed by atoms with Gasteiger partial charge in [0.2, 0.25) is 5.88 Å². The molecule has 0 radical (unpaired) electrons. The summed E-state index contributed by atoms with van der Waals surface area (Å²) in [5.74, 6) is -0.625. The molecular weight excluding hydrogens is 572 g/mol. The number of amides is 1. The summed E-state index contributed by atoms with van der Waals surface area (Å²) in [4.78, 5) is 23.9. The highest BCUT2D eigenvalue weighted by atomic mass is 32.2. The number of rotatable bonds is 7. The molecule has 43 heavy (non-hydrogen) atoms. The van der Waals surface area contributed by atoms with Crippen LogP contribution in [0.25, 0.3) is 33.2 Å². The van der Waals surface area contributed by atoms with Gasteiger partial charge in [-0.15, -0.1) is 0 Å². The third-order valence-electron chi connectivity index (χ3n) is 7.13. The summed E-state index contributed by atoms with van der Waals surface area (Å²) in [6.45, 7) is 2.25. The summed E-state index contributed by atoms with van der Waals surface area (Å²) in [6, 6.07) is 20.4. The third-order valence-corrected chi connectivity index (χ3v) is 8.00. The van der Waals surface area contributed by atoms with Gasteiger partial charge in [-0.2, -0.15) is 0 Å². The maximum Gasteiger partial charge on any atom is 0.254 e. The zero-order chi connectivity index (χ0) is 29.9. The Balaban J connectivity index is 1.27. The molecule has 6 rings (SSSR count). The first-order valence-electron chi connectivity index (χ1n) is 13.5. The fraction of sp³-hybridized carbons (Fsp3) is 0.156. The number of carbonyl (C=O) groups excluding carboxylic acids is 1. The number of fused-ring (bicyclic) bond motifs is 1. The summed E-state index contributed by atoms with van der Waals surface area (Å²) < 4.78 is 41.3. The van der Waals surface area contributed by atoms with Crippen molar-refractivity contribution in [2.75, 3.05) is 43.9 Å². The van der Waals surface area contributed by atoms with E-state index < -0.39 is 11.6 Å². The van der Waals surface area contributed by atoms with Crippen molar-refractivity contribution in [1.82, 2.24) is 14.9 Å². The fourth-order valence-corrected chi connectivity index (χ4v) is 5.52. The number of halogens is 2. The smallest absolute Gasteiger partial charge is 0.254 e. The Labute approximate surface area is 251 Å². The molecule has 218 valence electrons. The Kier molecular flexibility index (Phi) is 8.08. The van der Waals surface area contributed by atoms with Crippen molar-refractivity contribution in [3.8, 4) is 28.1 Å². The Morgan fingerprint density at radius 3 is 2.49 bits per heavy atom. The fourth-order valence-electron chi connectivity index (χ4n) is 4.86. The van der Waals surface area contributed by atoms with E-state index in [1.165, 1.54) is 19.2 Å². The van der Waals surface area contributed by atoms with E-state index in [0.717, 1.165) is 51.2 Å². The van der Waals surface area contributed by atoms with Gasteiger partial charge in [-0.3, -0.25) is 4.79 Å². The summed E-state index contributed by atoms with van der Waals surface area (Å²) in [6.07, 6.45) is 1.68. The number of anilines is 2. The van der Waals surface area contributed by atoms with Crippen molar-refractivity contribution in [3.63, 3.8) is 0 Å². The SMILES string of the molecule is COc1ncc(-c2ccc3nc(N)c(-c4ccc(C(=O)N5CCOCC5)cc4)cc3c2)cc1NSc1ccc(F)cc1F. The second kappa shape index (κ2) is 12.2. The highest BCUT2D eigenvalue weighted by Gasteiger charge is 2.19. The zero-order valence-corrected chi connectivity index (χ0v) is 24.0. The van der Waals surface area contributed by atoms with Gasteiger partial charge in [-0.05, 0) is 71.6 Å². The molecule has 1 fully saturated rings. The summed E-state index contributed by atoms with van der Waals surface area (Å²) >= 11 is 0.992. The first-order valence-corrected chi connectivity index (χ1v) is 14.3. The van der Waals surface area contributed by atoms with Gasteiger partial charge in [0.1, 0.15) is 23.1 Å². The number of methoxy groups -OCH3 is 1. The molecule has 3 N–H and O–H groups in total. The van der Waals surface area contributed by atoms with Crippen molar-refractivity contribution in [2.24, 2.45) is 0 Å². The van der Waals surface area contributed by atoms with Gasteiger partial charge in [0.15, 0.2) is 0 Å². The molecular formula is C32H27F2N5O3S. The monoisotopic (exact) mass is 599 g/mol. The number of hydrogen-bond acceptors (Lipinski definition) is 8. The summed E-state index contributed by atoms with van der Waals surface area (Å²) in [5, 5.41) is 0.864. The van der Waals surface area contributed by atoms with Crippen LogP contribution in [0.1, 0.15) is 10.4 Å². The Morgan fingerprint density at radius 1 is 0.977 bits per heavy atom. The van der Waals surface area contributed by atoms with Crippen LogP contribution in [0.4, 0.5) is 20.3 Å². The number of nitrogens with one attached hydrogen (secondary N) is 1. The number of benzene rings is 3. The van der Waals surface area contributed by atoms with Gasteiger partial charge in [-0.25, -0.2) is 18.7 Å². The van der Waals surface area contributed by atoms with Crippen molar-refractivity contribution >= 4 is 40.3 Å². The predicted octanol–water partition coefficient (Wildman–Crippen LogP) is 6.42. The van der Waals surface area contributed by atoms with E-state index in [9.17, 15) is 13.6 Å². The van der Waals surface area contributed by atoms with E-state index >= 15 is 0 Å². The number of nitrogen functional groups attached to an aromatic ring is 1. The Bertz CT molecular complexity index is 1810. The average Bonchev–Trinajstić information content (AvgIpc) is 3.04. The average molecular weight is 600 g/mol. The van der Waals surface area contributed by atoms with E-state index in [-0.39, 0.29) is 10.8 Å². The minimum Gasteiger partial charge on any atom is -0.480 e. The minimum absolute atomic E-state index is 0.0211. The van der Waals surface area contributed by atoms with Crippen LogP contribution in [-0.2, 0) is 4.74 Å². The molecule has 1 aliphatic rings. The van der Waals surface area contributed by atoms with Gasteiger partial charge in [-0.1, -0.05) is 18.2 Å². The predicted molar refractivity (Wildman–Crippen MR) is 164 cm³/mol. The van der Waals surface area contributed by atoms with Gasteiger partial charge in [0, 0.05) is 47.4 Å². The standard InChI is InChI=1S/C32H27F2N5O3S/c1-41-31-28(38-43-29-9-7-24(33)17-26(29)34)16-23(18-36-31)21-6-8-27-22(14-21)15-25(30(35)37-27)19-2-4-20(5-3-19)32(40)39-10-12-42-13-11-39/h2-9,14-18,38H,10-13H2,1H3,(H2,35,37). The van der Waals surface area contributed by atoms with Crippen LogP contribution in [0.3, 0.4) is 0 Å². The molecule has 3 heterocycles. The maximum atomic E-state index is 14.2. The van der Waals surface area contributed by atoms with Crippen molar-refractivity contribution < 1.29 is 23.0 Å². The van der Waals surface area contributed by atoms with Gasteiger partial charge >= 0.3 is 0 Å². The molecule has 1 amide bonds. The molecule has 0 aliphatic carbocycles. The van der Waals surface area contributed by atoms with Crippen molar-refractivity contribution in [2.45, 2.75) is 4.90 Å². The van der Waals surface area contributed by atoms with Crippen LogP contribution in [0.5, 0.6) is 5.88 Å². The third kappa shape index (κ3) is 6.08. The number of nitrogens with zero attached hydrogens (tertiary/aromatic N) is 3. The van der Waals surface area contributed by atoms with Crippen LogP contribution < -0.4 is 15.2 Å². The topological polar surface area (TPSA) is 103 Å². The lowest BCUT2D eigenvalue weighted by molar-refractivity contribution is 0.0303. The van der Waals surface area contributed by atoms with E-state index in [1.807, 2.05) is 42.5 Å². The first kappa shape index (κ1) is 28.4. The number of carbonyl (C=O) groups is 1. The van der Waals surface area contributed by atoms with Crippen LogP contribution >= 0.6 is 11.9 Å². The lowest BCUT2D eigenvalue weighted by Crippen LogP contribution is -2.40. The van der Waals surface area contributed by atoms with Gasteiger partial charge in [0.05, 0.1) is 30.7 Å². The molecule has 0 spiro atoms. The summed E-state index contributed by atoms with van der Waals surface area (Å²) in [7, 11) is 1.50. The lowest BCUT2D eigenvalue weighted by atomic mass is 10.00. The number of morpholine rings is 1. The Morgan fingerprint density at radius 2 is 1.74 bits per heavy atom. The lowest BCUT2D eigenvalue weighted by Gasteiger charge is -2.26. The molecule has 1 saturated heterocycles. The van der Waals surface area contributed by atoms with Crippen LogP contribution in [0.15, 0.2) is 83.9 Å². The number of hydrogen-bond donors (Lipinski definition) is 2. The van der Waals surface area contributed by atoms with E-state index in [4.69, 9.17) is 15.2 Å². The normalized spacial score (nSPS) is 13.2. The molecule has 0 bridgehead atoms. The highest BCUT2D eigenvalue weighted by molar-refractivity contribution is 8.00. The second-order valence-electron chi connectivity index (χ2n) is 9.87. The quantitative estimate of drug-likeness (QED) is 0.207. The number of nitrogens with two attached hydrogens (primary N) is 1. The molecule has 2 aromatic heterocycles. The van der Waals surface area contributed by atoms with Crippen molar-refractivity contribution in [3.05, 3.63) is 96.2 Å². The largest absolute Gasteiger partial charge is 0.480 e. The molecule has 0 unspecified atom stereocenters. The van der Waals surface area contributed by atoms with E-state index in [2.05, 4.69) is 14.7 Å². The first-order chi connectivity index (χ1) is 20.9. The molecule has 1 aliphatic heterocycles. The van der Waals surface area contributed by atoms with Crippen LogP contribution in [-0.4, -0.2) is 54.2 Å². The molecule has 3 aromatic carbocycles. The van der Waals surface area contributed by atoms with Crippen LogP contribution in [0.2, 0.25) is 0 Å². The molecule has 11 heteroatoms. The van der Waals surface area contributed by atoms with Gasteiger partial charge in [0.25, 0.3) is 5.91 Å². The van der Waals surface area contributed by atoms with Crippen LogP contribution in [0, 0.1) is 11.6 Å².